The summed E-state index contributed by atoms with van der Waals surface area (Å²) in [5.74, 6) is 0.782. The van der Waals surface area contributed by atoms with Gasteiger partial charge < -0.3 is 14.6 Å². The Labute approximate surface area is 203 Å². The van der Waals surface area contributed by atoms with Crippen molar-refractivity contribution in [2.75, 3.05) is 7.11 Å². The van der Waals surface area contributed by atoms with Gasteiger partial charge in [0, 0.05) is 12.3 Å². The molecule has 0 radical (unpaired) electrons. The molecule has 0 aliphatic rings. The summed E-state index contributed by atoms with van der Waals surface area (Å²) in [6.45, 7) is 0. The molecule has 10 heteroatoms. The van der Waals surface area contributed by atoms with Gasteiger partial charge in [0.1, 0.15) is 28.6 Å². The number of ether oxygens (including phenoxy) is 2. The molecule has 3 aromatic carbocycles. The van der Waals surface area contributed by atoms with Crippen LogP contribution in [0.3, 0.4) is 0 Å². The number of nitrogens with one attached hydrogen (secondary N) is 1. The number of aromatic amines is 1. The maximum atomic E-state index is 13.5. The van der Waals surface area contributed by atoms with Crippen molar-refractivity contribution < 1.29 is 19.0 Å². The maximum absolute atomic E-state index is 13.5. The van der Waals surface area contributed by atoms with Crippen LogP contribution in [0.4, 0.5) is 10.1 Å². The summed E-state index contributed by atoms with van der Waals surface area (Å²) in [7, 11) is 1.58. The summed E-state index contributed by atoms with van der Waals surface area (Å²) in [5, 5.41) is 10.6. The average Bonchev–Trinajstić information content (AvgIpc) is 2.82. The fraction of sp³-hybridized carbons (Fsp3) is 0.0417. The van der Waals surface area contributed by atoms with Gasteiger partial charge in [-0.25, -0.2) is 4.39 Å². The van der Waals surface area contributed by atoms with Crippen molar-refractivity contribution in [1.82, 2.24) is 9.55 Å². The molecule has 0 unspecified atom stereocenters. The molecule has 7 nitrogen and oxygen atoms in total. The first-order valence-corrected chi connectivity index (χ1v) is 10.6. The standard InChI is InChI=1S/C24H17ClFN3O4S/c1-32-17-3-2-4-18(12-17)33-16-8-5-14(6-9-16)27-13-19-22(30)28-24(34)29(23(19)31)15-7-10-21(26)20(25)11-15/h2-13,31H,1H3,(H,28,30,34). The molecule has 0 fully saturated rings. The molecule has 4 rings (SSSR count). The van der Waals surface area contributed by atoms with E-state index >= 15 is 0 Å². The van der Waals surface area contributed by atoms with Gasteiger partial charge in [-0.1, -0.05) is 17.7 Å². The second kappa shape index (κ2) is 9.90. The first-order valence-electron chi connectivity index (χ1n) is 9.85. The monoisotopic (exact) mass is 497 g/mol. The highest BCUT2D eigenvalue weighted by Gasteiger charge is 2.14. The fourth-order valence-corrected chi connectivity index (χ4v) is 3.52. The lowest BCUT2D eigenvalue weighted by Gasteiger charge is -2.11. The molecule has 1 aromatic heterocycles. The predicted molar refractivity (Wildman–Crippen MR) is 131 cm³/mol. The number of benzene rings is 3. The molecule has 0 atom stereocenters. The molecule has 1 heterocycles. The van der Waals surface area contributed by atoms with Crippen LogP contribution in [-0.4, -0.2) is 28.0 Å². The van der Waals surface area contributed by atoms with Gasteiger partial charge in [-0.3, -0.25) is 19.3 Å². The minimum atomic E-state index is -0.631. The maximum Gasteiger partial charge on any atom is 0.264 e. The lowest BCUT2D eigenvalue weighted by atomic mass is 10.2. The summed E-state index contributed by atoms with van der Waals surface area (Å²) in [5.41, 5.74) is 0.0221. The number of methoxy groups -OCH3 is 1. The van der Waals surface area contributed by atoms with E-state index in [4.69, 9.17) is 33.3 Å². The number of aliphatic imine (C=N–C) groups is 1. The van der Waals surface area contributed by atoms with E-state index in [9.17, 15) is 14.3 Å². The van der Waals surface area contributed by atoms with Crippen molar-refractivity contribution in [3.8, 4) is 28.8 Å². The molecule has 0 aliphatic carbocycles. The largest absolute Gasteiger partial charge is 0.497 e. The second-order valence-corrected chi connectivity index (χ2v) is 7.76. The van der Waals surface area contributed by atoms with Crippen LogP contribution < -0.4 is 15.0 Å². The zero-order valence-corrected chi connectivity index (χ0v) is 19.2. The number of aromatic nitrogens is 2. The molecule has 4 aromatic rings. The van der Waals surface area contributed by atoms with Gasteiger partial charge in [0.25, 0.3) is 5.56 Å². The van der Waals surface area contributed by atoms with Crippen LogP contribution in [0, 0.1) is 10.6 Å². The first-order chi connectivity index (χ1) is 16.4. The van der Waals surface area contributed by atoms with Gasteiger partial charge in [-0.05, 0) is 66.8 Å². The highest BCUT2D eigenvalue weighted by Crippen LogP contribution is 2.27. The van der Waals surface area contributed by atoms with E-state index < -0.39 is 17.3 Å². The number of nitrogens with zero attached hydrogens (tertiary/aromatic N) is 2. The molecule has 2 N–H and O–H groups in total. The average molecular weight is 498 g/mol. The van der Waals surface area contributed by atoms with Crippen molar-refractivity contribution in [2.24, 2.45) is 4.99 Å². The molecule has 0 amide bonds. The molecule has 0 saturated carbocycles. The summed E-state index contributed by atoms with van der Waals surface area (Å²) in [4.78, 5) is 19.1. The molecule has 0 spiro atoms. The quantitative estimate of drug-likeness (QED) is 0.254. The van der Waals surface area contributed by atoms with E-state index in [1.165, 1.54) is 18.3 Å². The molecule has 0 saturated heterocycles. The Bertz CT molecular complexity index is 1500. The van der Waals surface area contributed by atoms with E-state index in [0.29, 0.717) is 22.9 Å². The van der Waals surface area contributed by atoms with E-state index in [-0.39, 0.29) is 21.0 Å². The van der Waals surface area contributed by atoms with Crippen molar-refractivity contribution in [3.05, 3.63) is 98.3 Å². The molecular formula is C24H17ClFN3O4S. The van der Waals surface area contributed by atoms with Crippen LogP contribution in [0.5, 0.6) is 23.1 Å². The highest BCUT2D eigenvalue weighted by atomic mass is 35.5. The van der Waals surface area contributed by atoms with Crippen molar-refractivity contribution in [3.63, 3.8) is 0 Å². The van der Waals surface area contributed by atoms with Crippen molar-refractivity contribution in [2.45, 2.75) is 0 Å². The SMILES string of the molecule is COc1cccc(Oc2ccc(N=Cc3c(O)n(-c4ccc(F)c(Cl)c4)c(=S)[nH]c3=O)cc2)c1. The van der Waals surface area contributed by atoms with E-state index in [1.807, 2.05) is 12.1 Å². The lowest BCUT2D eigenvalue weighted by Crippen LogP contribution is -2.18. The number of hydrogen-bond acceptors (Lipinski definition) is 6. The predicted octanol–water partition coefficient (Wildman–Crippen LogP) is 5.94. The number of halogens is 2. The van der Waals surface area contributed by atoms with Crippen molar-refractivity contribution in [1.29, 1.82) is 0 Å². The van der Waals surface area contributed by atoms with Gasteiger partial charge in [-0.15, -0.1) is 0 Å². The van der Waals surface area contributed by atoms with Crippen LogP contribution in [0.2, 0.25) is 5.02 Å². The Balaban J connectivity index is 1.60. The van der Waals surface area contributed by atoms with Gasteiger partial charge in [0.15, 0.2) is 4.77 Å². The second-order valence-electron chi connectivity index (χ2n) is 6.96. The molecular weight excluding hydrogens is 481 g/mol. The fourth-order valence-electron chi connectivity index (χ4n) is 3.06. The molecule has 0 bridgehead atoms. The Kier molecular flexibility index (Phi) is 6.76. The Hall–Kier alpha value is -3.95. The van der Waals surface area contributed by atoms with E-state index in [0.717, 1.165) is 10.6 Å². The Morgan fingerprint density at radius 3 is 2.53 bits per heavy atom. The Morgan fingerprint density at radius 2 is 1.82 bits per heavy atom. The summed E-state index contributed by atoms with van der Waals surface area (Å²) < 4.78 is 25.6. The summed E-state index contributed by atoms with van der Waals surface area (Å²) in [6.07, 6.45) is 1.21. The summed E-state index contributed by atoms with van der Waals surface area (Å²) in [6, 6.07) is 17.8. The lowest BCUT2D eigenvalue weighted by molar-refractivity contribution is 0.409. The van der Waals surface area contributed by atoms with Gasteiger partial charge >= 0.3 is 0 Å². The third-order valence-electron chi connectivity index (χ3n) is 4.74. The van der Waals surface area contributed by atoms with Crippen LogP contribution in [0.1, 0.15) is 5.56 Å². The van der Waals surface area contributed by atoms with Crippen LogP contribution in [0.25, 0.3) is 5.69 Å². The topological polar surface area (TPSA) is 88.8 Å². The number of aromatic hydroxyl groups is 1. The van der Waals surface area contributed by atoms with E-state index in [2.05, 4.69) is 9.98 Å². The minimum Gasteiger partial charge on any atom is -0.497 e. The van der Waals surface area contributed by atoms with Gasteiger partial charge in [-0.2, -0.15) is 0 Å². The molecule has 0 aliphatic heterocycles. The number of rotatable bonds is 6. The molecule has 34 heavy (non-hydrogen) atoms. The highest BCUT2D eigenvalue weighted by molar-refractivity contribution is 7.71. The third kappa shape index (κ3) is 5.00. The number of hydrogen-bond donors (Lipinski definition) is 2. The Morgan fingerprint density at radius 1 is 1.09 bits per heavy atom. The van der Waals surface area contributed by atoms with Gasteiger partial charge in [0.05, 0.1) is 23.5 Å². The third-order valence-corrected chi connectivity index (χ3v) is 5.31. The minimum absolute atomic E-state index is 0.0821. The zero-order chi connectivity index (χ0) is 24.2. The van der Waals surface area contributed by atoms with E-state index in [1.54, 1.807) is 43.5 Å². The van der Waals surface area contributed by atoms with Crippen molar-refractivity contribution >= 4 is 35.7 Å². The smallest absolute Gasteiger partial charge is 0.264 e. The van der Waals surface area contributed by atoms with Crippen LogP contribution >= 0.6 is 23.8 Å². The van der Waals surface area contributed by atoms with Gasteiger partial charge in [0.2, 0.25) is 5.88 Å². The van der Waals surface area contributed by atoms with Crippen LogP contribution in [0.15, 0.2) is 76.5 Å². The summed E-state index contributed by atoms with van der Waals surface area (Å²) >= 11 is 11.0. The first kappa shape index (κ1) is 23.2. The number of H-pyrrole nitrogens is 1. The zero-order valence-electron chi connectivity index (χ0n) is 17.7. The normalized spacial score (nSPS) is 11.0. The molecule has 172 valence electrons. The van der Waals surface area contributed by atoms with Crippen LogP contribution in [-0.2, 0) is 0 Å².